The molecule has 1 amide bonds. The molecule has 1 N–H and O–H groups in total. The van der Waals surface area contributed by atoms with Crippen LogP contribution in [-0.4, -0.2) is 10.9 Å². The van der Waals surface area contributed by atoms with E-state index in [4.69, 9.17) is 0 Å². The van der Waals surface area contributed by atoms with Crippen LogP contribution in [-0.2, 0) is 4.79 Å². The Hall–Kier alpha value is -2.08. The van der Waals surface area contributed by atoms with Crippen LogP contribution in [0, 0.1) is 11.6 Å². The van der Waals surface area contributed by atoms with E-state index < -0.39 is 17.5 Å². The molecule has 3 nitrogen and oxygen atoms in total. The monoisotopic (exact) mass is 266 g/mol. The molecule has 0 saturated carbocycles. The zero-order chi connectivity index (χ0) is 13.0. The maximum absolute atomic E-state index is 13.2. The first-order chi connectivity index (χ1) is 8.66. The standard InChI is InChI=1S/C12H8F2N2OS/c13-9-2-1-3-10(14)8(9)4-5-11(17)16-12-15-6-7-18-12/h1-7H,(H,15,16,17)/b5-4+. The molecule has 0 spiro atoms. The lowest BCUT2D eigenvalue weighted by atomic mass is 10.2. The maximum Gasteiger partial charge on any atom is 0.250 e. The van der Waals surface area contributed by atoms with Crippen molar-refractivity contribution in [3.05, 3.63) is 53.0 Å². The Balaban J connectivity index is 2.09. The van der Waals surface area contributed by atoms with Gasteiger partial charge in [-0.2, -0.15) is 0 Å². The van der Waals surface area contributed by atoms with Gasteiger partial charge in [-0.15, -0.1) is 11.3 Å². The van der Waals surface area contributed by atoms with Gasteiger partial charge in [0, 0.05) is 23.2 Å². The molecule has 6 heteroatoms. The molecule has 1 aromatic carbocycles. The summed E-state index contributed by atoms with van der Waals surface area (Å²) in [5.74, 6) is -1.92. The van der Waals surface area contributed by atoms with Crippen molar-refractivity contribution in [3.8, 4) is 0 Å². The Kier molecular flexibility index (Phi) is 3.78. The number of hydrogen-bond donors (Lipinski definition) is 1. The lowest BCUT2D eigenvalue weighted by molar-refractivity contribution is -0.111. The number of thiazole rings is 1. The zero-order valence-electron chi connectivity index (χ0n) is 9.06. The van der Waals surface area contributed by atoms with E-state index in [1.54, 1.807) is 11.6 Å². The molecule has 0 unspecified atom stereocenters. The Morgan fingerprint density at radius 1 is 1.33 bits per heavy atom. The van der Waals surface area contributed by atoms with Crippen LogP contribution in [0.1, 0.15) is 5.56 Å². The van der Waals surface area contributed by atoms with E-state index in [0.29, 0.717) is 5.13 Å². The Morgan fingerprint density at radius 3 is 2.67 bits per heavy atom. The Labute approximate surface area is 106 Å². The van der Waals surface area contributed by atoms with E-state index in [1.165, 1.54) is 17.4 Å². The normalized spacial score (nSPS) is 10.8. The molecule has 0 fully saturated rings. The highest BCUT2D eigenvalue weighted by Gasteiger charge is 2.05. The minimum absolute atomic E-state index is 0.244. The van der Waals surface area contributed by atoms with Gasteiger partial charge in [0.25, 0.3) is 0 Å². The molecule has 1 aromatic heterocycles. The summed E-state index contributed by atoms with van der Waals surface area (Å²) in [6, 6.07) is 3.51. The summed E-state index contributed by atoms with van der Waals surface area (Å²) in [6.07, 6.45) is 3.69. The van der Waals surface area contributed by atoms with Crippen LogP contribution in [0.25, 0.3) is 6.08 Å². The van der Waals surface area contributed by atoms with E-state index in [9.17, 15) is 13.6 Å². The van der Waals surface area contributed by atoms with Crippen molar-refractivity contribution in [2.24, 2.45) is 0 Å². The molecule has 18 heavy (non-hydrogen) atoms. The molecule has 0 aliphatic rings. The van der Waals surface area contributed by atoms with E-state index in [1.807, 2.05) is 0 Å². The van der Waals surface area contributed by atoms with Gasteiger partial charge in [0.1, 0.15) is 11.6 Å². The number of aromatic nitrogens is 1. The van der Waals surface area contributed by atoms with Crippen LogP contribution >= 0.6 is 11.3 Å². The topological polar surface area (TPSA) is 42.0 Å². The van der Waals surface area contributed by atoms with Gasteiger partial charge in [-0.05, 0) is 18.2 Å². The third-order valence-corrected chi connectivity index (χ3v) is 2.75. The number of nitrogens with one attached hydrogen (secondary N) is 1. The number of carbonyl (C=O) groups is 1. The van der Waals surface area contributed by atoms with Gasteiger partial charge in [0.15, 0.2) is 5.13 Å². The minimum Gasteiger partial charge on any atom is -0.298 e. The minimum atomic E-state index is -0.715. The molecule has 0 atom stereocenters. The summed E-state index contributed by atoms with van der Waals surface area (Å²) in [5, 5.41) is 4.60. The van der Waals surface area contributed by atoms with Crippen LogP contribution in [0.4, 0.5) is 13.9 Å². The smallest absolute Gasteiger partial charge is 0.250 e. The highest BCUT2D eigenvalue weighted by atomic mass is 32.1. The third-order valence-electron chi connectivity index (χ3n) is 2.06. The molecule has 2 aromatic rings. The predicted molar refractivity (Wildman–Crippen MR) is 66.1 cm³/mol. The number of carbonyl (C=O) groups excluding carboxylic acids is 1. The molecule has 92 valence electrons. The molecule has 2 rings (SSSR count). The van der Waals surface area contributed by atoms with Gasteiger partial charge in [-0.1, -0.05) is 6.07 Å². The second-order valence-corrected chi connectivity index (χ2v) is 4.19. The number of anilines is 1. The Morgan fingerprint density at radius 2 is 2.06 bits per heavy atom. The molecule has 0 saturated heterocycles. The van der Waals surface area contributed by atoms with Crippen molar-refractivity contribution in [1.82, 2.24) is 4.98 Å². The zero-order valence-corrected chi connectivity index (χ0v) is 9.88. The van der Waals surface area contributed by atoms with Crippen LogP contribution in [0.5, 0.6) is 0 Å². The highest BCUT2D eigenvalue weighted by Crippen LogP contribution is 2.14. The first-order valence-corrected chi connectivity index (χ1v) is 5.87. The number of amides is 1. The van der Waals surface area contributed by atoms with E-state index in [-0.39, 0.29) is 5.56 Å². The van der Waals surface area contributed by atoms with Gasteiger partial charge in [-0.3, -0.25) is 10.1 Å². The Bertz CT molecular complexity index is 562. The summed E-state index contributed by atoms with van der Waals surface area (Å²) in [5.41, 5.74) is -0.244. The van der Waals surface area contributed by atoms with Gasteiger partial charge in [-0.25, -0.2) is 13.8 Å². The maximum atomic E-state index is 13.2. The molecule has 0 radical (unpaired) electrons. The molecular formula is C12H8F2N2OS. The van der Waals surface area contributed by atoms with Gasteiger partial charge in [0.2, 0.25) is 5.91 Å². The number of hydrogen-bond acceptors (Lipinski definition) is 3. The van der Waals surface area contributed by atoms with Crippen LogP contribution < -0.4 is 5.32 Å². The summed E-state index contributed by atoms with van der Waals surface area (Å²) in [7, 11) is 0. The molecule has 0 bridgehead atoms. The predicted octanol–water partition coefficient (Wildman–Crippen LogP) is 3.07. The fourth-order valence-electron chi connectivity index (χ4n) is 1.26. The molecular weight excluding hydrogens is 258 g/mol. The number of benzene rings is 1. The quantitative estimate of drug-likeness (QED) is 0.867. The number of halogens is 2. The molecule has 1 heterocycles. The van der Waals surface area contributed by atoms with Crippen molar-refractivity contribution in [2.45, 2.75) is 0 Å². The van der Waals surface area contributed by atoms with Crippen molar-refractivity contribution < 1.29 is 13.6 Å². The fraction of sp³-hybridized carbons (Fsp3) is 0. The van der Waals surface area contributed by atoms with Crippen molar-refractivity contribution in [3.63, 3.8) is 0 Å². The fourth-order valence-corrected chi connectivity index (χ4v) is 1.79. The second-order valence-electron chi connectivity index (χ2n) is 3.30. The SMILES string of the molecule is O=C(/C=C/c1c(F)cccc1F)Nc1nccs1. The van der Waals surface area contributed by atoms with Crippen LogP contribution in [0.3, 0.4) is 0 Å². The summed E-state index contributed by atoms with van der Waals surface area (Å²) in [6.45, 7) is 0. The summed E-state index contributed by atoms with van der Waals surface area (Å²) < 4.78 is 26.5. The molecule has 0 aliphatic heterocycles. The van der Waals surface area contributed by atoms with Gasteiger partial charge >= 0.3 is 0 Å². The lowest BCUT2D eigenvalue weighted by Gasteiger charge is -1.98. The average molecular weight is 266 g/mol. The first kappa shape index (κ1) is 12.4. The van der Waals surface area contributed by atoms with Crippen molar-refractivity contribution in [2.75, 3.05) is 5.32 Å². The number of rotatable bonds is 3. The van der Waals surface area contributed by atoms with Crippen molar-refractivity contribution in [1.29, 1.82) is 0 Å². The van der Waals surface area contributed by atoms with Gasteiger partial charge < -0.3 is 0 Å². The largest absolute Gasteiger partial charge is 0.298 e. The van der Waals surface area contributed by atoms with Crippen LogP contribution in [0.15, 0.2) is 35.9 Å². The highest BCUT2D eigenvalue weighted by molar-refractivity contribution is 7.13. The van der Waals surface area contributed by atoms with Crippen molar-refractivity contribution >= 4 is 28.5 Å². The summed E-state index contributed by atoms with van der Waals surface area (Å²) >= 11 is 1.25. The van der Waals surface area contributed by atoms with Crippen LogP contribution in [0.2, 0.25) is 0 Å². The third kappa shape index (κ3) is 2.98. The molecule has 0 aliphatic carbocycles. The van der Waals surface area contributed by atoms with E-state index in [2.05, 4.69) is 10.3 Å². The number of nitrogens with zero attached hydrogens (tertiary/aromatic N) is 1. The lowest BCUT2D eigenvalue weighted by Crippen LogP contribution is -2.07. The summed E-state index contributed by atoms with van der Waals surface area (Å²) in [4.78, 5) is 15.3. The van der Waals surface area contributed by atoms with E-state index >= 15 is 0 Å². The second kappa shape index (κ2) is 5.50. The average Bonchev–Trinajstić information content (AvgIpc) is 2.81. The van der Waals surface area contributed by atoms with E-state index in [0.717, 1.165) is 24.3 Å². The van der Waals surface area contributed by atoms with Gasteiger partial charge in [0.05, 0.1) is 0 Å². The first-order valence-electron chi connectivity index (χ1n) is 4.99.